The fourth-order valence-corrected chi connectivity index (χ4v) is 5.59. The number of anilines is 1. The van der Waals surface area contributed by atoms with E-state index in [1.807, 2.05) is 0 Å². The van der Waals surface area contributed by atoms with E-state index in [4.69, 9.17) is 14.6 Å². The van der Waals surface area contributed by atoms with Crippen LogP contribution in [0.3, 0.4) is 0 Å². The maximum Gasteiger partial charge on any atom is 0.303 e. The molecule has 0 unspecified atom stereocenters. The maximum atomic E-state index is 11.0. The summed E-state index contributed by atoms with van der Waals surface area (Å²) in [5.41, 5.74) is 2.41. The van der Waals surface area contributed by atoms with Crippen LogP contribution >= 0.6 is 0 Å². The van der Waals surface area contributed by atoms with Crippen LogP contribution in [0.1, 0.15) is 64.4 Å². The Kier molecular flexibility index (Phi) is 12.2. The van der Waals surface area contributed by atoms with Gasteiger partial charge >= 0.3 is 5.97 Å². The van der Waals surface area contributed by atoms with E-state index in [2.05, 4.69) is 60.1 Å². The van der Waals surface area contributed by atoms with Crippen molar-refractivity contribution in [3.05, 3.63) is 42.0 Å². The molecule has 2 fully saturated rings. The number of hydrogen-bond donors (Lipinski definition) is 2. The number of aliphatic hydroxyl groups is 1. The molecule has 1 heterocycles. The fourth-order valence-electron chi connectivity index (χ4n) is 5.59. The number of allylic oxidation sites excluding steroid dienone is 2. The molecule has 0 aromatic heterocycles. The normalized spacial score (nSPS) is 25.0. The molecule has 1 aliphatic carbocycles. The molecule has 7 nitrogen and oxygen atoms in total. The van der Waals surface area contributed by atoms with E-state index < -0.39 is 12.1 Å². The van der Waals surface area contributed by atoms with Gasteiger partial charge in [0.25, 0.3) is 0 Å². The average molecular weight is 503 g/mol. The van der Waals surface area contributed by atoms with Crippen LogP contribution in [0.25, 0.3) is 0 Å². The average Bonchev–Trinajstić information content (AvgIpc) is 3.20. The fraction of sp³-hybridized carbons (Fsp3) is 0.690. The molecule has 1 saturated heterocycles. The van der Waals surface area contributed by atoms with Gasteiger partial charge in [-0.1, -0.05) is 38.1 Å². The molecule has 1 saturated carbocycles. The third-order valence-corrected chi connectivity index (χ3v) is 7.34. The Balaban J connectivity index is 1.61. The Morgan fingerprint density at radius 2 is 1.83 bits per heavy atom. The van der Waals surface area contributed by atoms with Crippen LogP contribution in [0.15, 0.2) is 36.4 Å². The van der Waals surface area contributed by atoms with Crippen molar-refractivity contribution in [3.63, 3.8) is 0 Å². The lowest BCUT2D eigenvalue weighted by Gasteiger charge is -2.37. The Labute approximate surface area is 217 Å². The van der Waals surface area contributed by atoms with Gasteiger partial charge in [0.2, 0.25) is 0 Å². The van der Waals surface area contributed by atoms with Gasteiger partial charge in [-0.15, -0.1) is 0 Å². The topological polar surface area (TPSA) is 82.5 Å². The second-order valence-corrected chi connectivity index (χ2v) is 10.1. The van der Waals surface area contributed by atoms with E-state index in [-0.39, 0.29) is 24.5 Å². The van der Waals surface area contributed by atoms with Crippen molar-refractivity contribution in [1.29, 1.82) is 0 Å². The van der Waals surface area contributed by atoms with Crippen LogP contribution in [0.2, 0.25) is 0 Å². The van der Waals surface area contributed by atoms with Gasteiger partial charge in [0.05, 0.1) is 32.0 Å². The summed E-state index contributed by atoms with van der Waals surface area (Å²) in [7, 11) is 0. The zero-order chi connectivity index (χ0) is 25.8. The summed E-state index contributed by atoms with van der Waals surface area (Å²) in [6, 6.07) is 8.77. The highest BCUT2D eigenvalue weighted by molar-refractivity contribution is 5.66. The van der Waals surface area contributed by atoms with Crippen molar-refractivity contribution in [2.75, 3.05) is 44.3 Å². The summed E-state index contributed by atoms with van der Waals surface area (Å²) in [5, 5.41) is 19.9. The summed E-state index contributed by atoms with van der Waals surface area (Å²) in [6.07, 6.45) is 9.12. The minimum Gasteiger partial charge on any atom is -0.481 e. The zero-order valence-electron chi connectivity index (χ0n) is 22.2. The van der Waals surface area contributed by atoms with Gasteiger partial charge < -0.3 is 24.6 Å². The second kappa shape index (κ2) is 15.4. The van der Waals surface area contributed by atoms with E-state index in [1.54, 1.807) is 0 Å². The number of unbranched alkanes of at least 4 members (excludes halogenated alkanes) is 1. The molecule has 4 atom stereocenters. The molecule has 7 heteroatoms. The molecular formula is C29H46N2O5. The van der Waals surface area contributed by atoms with Gasteiger partial charge in [0.15, 0.2) is 0 Å². The molecule has 0 amide bonds. The van der Waals surface area contributed by atoms with E-state index in [0.29, 0.717) is 32.7 Å². The number of morpholine rings is 1. The number of nitrogens with zero attached hydrogens (tertiary/aromatic N) is 2. The van der Waals surface area contributed by atoms with E-state index >= 15 is 0 Å². The van der Waals surface area contributed by atoms with Gasteiger partial charge in [0, 0.05) is 56.7 Å². The highest BCUT2D eigenvalue weighted by Crippen LogP contribution is 2.36. The Hall–Kier alpha value is -1.93. The molecule has 0 radical (unpaired) electrons. The molecule has 1 aromatic carbocycles. The number of aliphatic hydroxyl groups excluding tert-OH is 1. The number of carbonyl (C=O) groups is 1. The lowest BCUT2D eigenvalue weighted by Crippen LogP contribution is -2.50. The molecule has 36 heavy (non-hydrogen) atoms. The smallest absolute Gasteiger partial charge is 0.303 e. The predicted octanol–water partition coefficient (Wildman–Crippen LogP) is 4.48. The summed E-state index contributed by atoms with van der Waals surface area (Å²) < 4.78 is 12.0. The van der Waals surface area contributed by atoms with Crippen LogP contribution in [0.4, 0.5) is 5.69 Å². The van der Waals surface area contributed by atoms with Gasteiger partial charge in [-0.2, -0.15) is 0 Å². The molecule has 1 aromatic rings. The third-order valence-electron chi connectivity index (χ3n) is 7.34. The SMILES string of the molecule is CCCN(CCC)c1ccc(CO[C@H]2C[C@@H](O)[C@H](N3CCOCC3)[C@H]2C/C=C\CCCC(=O)O)cc1. The number of carboxylic acids is 1. The van der Waals surface area contributed by atoms with E-state index in [9.17, 15) is 9.90 Å². The van der Waals surface area contributed by atoms with Gasteiger partial charge in [-0.25, -0.2) is 0 Å². The zero-order valence-corrected chi connectivity index (χ0v) is 22.2. The Morgan fingerprint density at radius 3 is 2.47 bits per heavy atom. The minimum absolute atomic E-state index is 0.0205. The van der Waals surface area contributed by atoms with Crippen molar-refractivity contribution < 1.29 is 24.5 Å². The molecule has 1 aliphatic heterocycles. The summed E-state index contributed by atoms with van der Waals surface area (Å²) in [6.45, 7) is 10.2. The number of benzene rings is 1. The standard InChI is InChI=1S/C29H46N2O5/c1-3-15-30(16-4-2)24-13-11-23(12-14-24)22-36-27-21-26(32)29(31-17-19-35-20-18-31)25(27)9-7-5-6-8-10-28(33)34/h5,7,11-14,25-27,29,32H,3-4,6,8-10,15-22H2,1-2H3,(H,33,34)/b7-5-/t25-,26+,27-,29+/m0/s1. The lowest BCUT2D eigenvalue weighted by molar-refractivity contribution is -0.137. The molecule has 0 bridgehead atoms. The van der Waals surface area contributed by atoms with Crippen LogP contribution in [-0.4, -0.2) is 78.7 Å². The largest absolute Gasteiger partial charge is 0.481 e. The first-order chi connectivity index (χ1) is 17.5. The van der Waals surface area contributed by atoms with Crippen molar-refractivity contribution >= 4 is 11.7 Å². The molecular weight excluding hydrogens is 456 g/mol. The number of carboxylic acid groups (broad SMARTS) is 1. The van der Waals surface area contributed by atoms with Crippen LogP contribution in [0.5, 0.6) is 0 Å². The molecule has 202 valence electrons. The van der Waals surface area contributed by atoms with Crippen molar-refractivity contribution in [2.24, 2.45) is 5.92 Å². The van der Waals surface area contributed by atoms with Crippen LogP contribution in [-0.2, 0) is 20.9 Å². The minimum atomic E-state index is -0.750. The highest BCUT2D eigenvalue weighted by Gasteiger charge is 2.45. The van der Waals surface area contributed by atoms with Gasteiger partial charge in [0.1, 0.15) is 0 Å². The lowest BCUT2D eigenvalue weighted by atomic mass is 9.94. The number of aliphatic carboxylic acids is 1. The first kappa shape index (κ1) is 28.6. The quantitative estimate of drug-likeness (QED) is 0.270. The second-order valence-electron chi connectivity index (χ2n) is 10.1. The number of hydrogen-bond acceptors (Lipinski definition) is 6. The molecule has 0 spiro atoms. The molecule has 2 N–H and O–H groups in total. The van der Waals surface area contributed by atoms with E-state index in [1.165, 1.54) is 5.69 Å². The van der Waals surface area contributed by atoms with Crippen LogP contribution < -0.4 is 4.90 Å². The monoisotopic (exact) mass is 502 g/mol. The Bertz CT molecular complexity index is 787. The van der Waals surface area contributed by atoms with E-state index in [0.717, 1.165) is 57.4 Å². The molecule has 2 aliphatic rings. The summed E-state index contributed by atoms with van der Waals surface area (Å²) in [4.78, 5) is 15.6. The first-order valence-corrected chi connectivity index (χ1v) is 13.9. The van der Waals surface area contributed by atoms with Crippen molar-refractivity contribution in [3.8, 4) is 0 Å². The highest BCUT2D eigenvalue weighted by atomic mass is 16.5. The third kappa shape index (κ3) is 8.58. The maximum absolute atomic E-state index is 11.0. The number of ether oxygens (including phenoxy) is 2. The first-order valence-electron chi connectivity index (χ1n) is 13.9. The van der Waals surface area contributed by atoms with Crippen LogP contribution in [0, 0.1) is 5.92 Å². The predicted molar refractivity (Wildman–Crippen MR) is 143 cm³/mol. The van der Waals surface area contributed by atoms with Gasteiger partial charge in [-0.3, -0.25) is 9.69 Å². The van der Waals surface area contributed by atoms with Crippen molar-refractivity contribution in [1.82, 2.24) is 4.90 Å². The Morgan fingerprint density at radius 1 is 1.14 bits per heavy atom. The molecule has 3 rings (SSSR count). The van der Waals surface area contributed by atoms with Crippen molar-refractivity contribution in [2.45, 2.75) is 83.6 Å². The number of rotatable bonds is 15. The summed E-state index contributed by atoms with van der Waals surface area (Å²) in [5.74, 6) is -0.558. The summed E-state index contributed by atoms with van der Waals surface area (Å²) >= 11 is 0. The van der Waals surface area contributed by atoms with Gasteiger partial charge in [-0.05, 0) is 49.8 Å².